The molecule has 51 heavy (non-hydrogen) atoms. The van der Waals surface area contributed by atoms with Crippen LogP contribution in [0.5, 0.6) is 0 Å². The Bertz CT molecular complexity index is 1740. The molecule has 4 amide bonds. The molecule has 2 heterocycles. The Balaban J connectivity index is 1.59. The van der Waals surface area contributed by atoms with Crippen LogP contribution in [0, 0.1) is 11.8 Å². The Hall–Kier alpha value is -5.29. The van der Waals surface area contributed by atoms with Crippen molar-refractivity contribution in [2.24, 2.45) is 11.8 Å². The summed E-state index contributed by atoms with van der Waals surface area (Å²) in [6.45, 7) is 8.01. The van der Waals surface area contributed by atoms with Crippen molar-refractivity contribution in [2.45, 2.75) is 83.8 Å². The normalized spacial score (nSPS) is 20.8. The topological polar surface area (TPSA) is 152 Å². The highest BCUT2D eigenvalue weighted by Gasteiger charge is 2.38. The van der Waals surface area contributed by atoms with Crippen LogP contribution in [0.15, 0.2) is 102 Å². The van der Waals surface area contributed by atoms with Crippen LogP contribution in [-0.4, -0.2) is 46.7 Å². The van der Waals surface area contributed by atoms with Gasteiger partial charge in [-0.1, -0.05) is 119 Å². The molecule has 11 heteroatoms. The van der Waals surface area contributed by atoms with Gasteiger partial charge in [0.15, 0.2) is 5.69 Å². The van der Waals surface area contributed by atoms with Crippen LogP contribution in [-0.2, 0) is 32.1 Å². The van der Waals surface area contributed by atoms with Gasteiger partial charge in [0.25, 0.3) is 5.91 Å². The van der Waals surface area contributed by atoms with E-state index in [0.717, 1.165) is 11.1 Å². The summed E-state index contributed by atoms with van der Waals surface area (Å²) in [7, 11) is 0. The summed E-state index contributed by atoms with van der Waals surface area (Å²) < 4.78 is 12.2. The predicted molar refractivity (Wildman–Crippen MR) is 192 cm³/mol. The summed E-state index contributed by atoms with van der Waals surface area (Å²) in [6.07, 6.45) is 1.18. The van der Waals surface area contributed by atoms with Crippen molar-refractivity contribution >= 4 is 23.6 Å². The summed E-state index contributed by atoms with van der Waals surface area (Å²) >= 11 is 0. The van der Waals surface area contributed by atoms with Gasteiger partial charge in [0.2, 0.25) is 23.6 Å². The lowest BCUT2D eigenvalue weighted by atomic mass is 9.97. The zero-order valence-corrected chi connectivity index (χ0v) is 29.5. The van der Waals surface area contributed by atoms with Crippen LogP contribution in [0.1, 0.15) is 85.8 Å². The maximum absolute atomic E-state index is 14.6. The average molecular weight is 694 g/mol. The number of benzene rings is 3. The second kappa shape index (κ2) is 17.6. The number of fused-ring (bicyclic) bond motifs is 2. The highest BCUT2D eigenvalue weighted by molar-refractivity contribution is 5.98. The fraction of sp³-hybridized carbons (Fsp3) is 0.375. The first kappa shape index (κ1) is 37.0. The number of carbonyl (C=O) groups excluding carboxylic acids is 4. The van der Waals surface area contributed by atoms with E-state index >= 15 is 0 Å². The van der Waals surface area contributed by atoms with Crippen molar-refractivity contribution in [3.63, 3.8) is 0 Å². The minimum Gasteiger partial charge on any atom is -0.446 e. The van der Waals surface area contributed by atoms with Crippen LogP contribution in [0.3, 0.4) is 0 Å². The van der Waals surface area contributed by atoms with Crippen LogP contribution in [0.25, 0.3) is 0 Å². The minimum absolute atomic E-state index is 0.00928. The quantitative estimate of drug-likeness (QED) is 0.169. The van der Waals surface area contributed by atoms with Crippen LogP contribution >= 0.6 is 0 Å². The Morgan fingerprint density at radius 1 is 0.647 bits per heavy atom. The van der Waals surface area contributed by atoms with Crippen molar-refractivity contribution in [1.82, 2.24) is 26.3 Å². The lowest BCUT2D eigenvalue weighted by molar-refractivity contribution is -0.137. The third-order valence-corrected chi connectivity index (χ3v) is 8.60. The van der Waals surface area contributed by atoms with Crippen molar-refractivity contribution < 1.29 is 28.3 Å². The van der Waals surface area contributed by atoms with Gasteiger partial charge in [0.05, 0.1) is 6.61 Å². The standard InChI is InChI=1S/C40H47N5O6/c1-25(2)20-30-37(47)45-34(35(29-18-12-7-13-19-29)50-23-28-16-10-6-11-17-28)39(49)42-31(22-27-14-8-5-9-15-27)36(46)43-32(21-26(3)4)40-44-33(24-51-40)38(48)41-30/h5-19,24-26,30-32,34-35H,20-23H2,1-4H3,(H,41,48)(H,42,49)(H,43,46)(H,45,47)/t30-,31+,32+,34-,35+/m0/s1. The molecule has 1 aliphatic rings. The van der Waals surface area contributed by atoms with Gasteiger partial charge in [0.1, 0.15) is 36.5 Å². The number of hydrogen-bond acceptors (Lipinski definition) is 7. The number of oxazole rings is 1. The third kappa shape index (κ3) is 10.4. The maximum atomic E-state index is 14.6. The van der Waals surface area contributed by atoms with Gasteiger partial charge < -0.3 is 30.4 Å². The number of nitrogens with one attached hydrogen (secondary N) is 4. The molecule has 0 spiro atoms. The smallest absolute Gasteiger partial charge is 0.273 e. The first-order valence-corrected chi connectivity index (χ1v) is 17.5. The highest BCUT2D eigenvalue weighted by Crippen LogP contribution is 2.26. The molecular weight excluding hydrogens is 646 g/mol. The molecule has 268 valence electrons. The lowest BCUT2D eigenvalue weighted by Gasteiger charge is -2.31. The molecule has 3 aromatic carbocycles. The van der Waals surface area contributed by atoms with Gasteiger partial charge in [-0.2, -0.15) is 0 Å². The van der Waals surface area contributed by atoms with E-state index < -0.39 is 53.9 Å². The minimum atomic E-state index is -1.30. The number of amides is 4. The van der Waals surface area contributed by atoms with Crippen molar-refractivity contribution in [2.75, 3.05) is 0 Å². The molecule has 5 atom stereocenters. The van der Waals surface area contributed by atoms with Gasteiger partial charge >= 0.3 is 0 Å². The molecule has 4 N–H and O–H groups in total. The zero-order chi connectivity index (χ0) is 36.3. The molecule has 0 aliphatic carbocycles. The fourth-order valence-electron chi connectivity index (χ4n) is 6.09. The predicted octanol–water partition coefficient (Wildman–Crippen LogP) is 5.21. The van der Waals surface area contributed by atoms with Crippen molar-refractivity contribution in [1.29, 1.82) is 0 Å². The largest absolute Gasteiger partial charge is 0.446 e. The number of rotatable bonds is 11. The molecule has 1 aromatic heterocycles. The van der Waals surface area contributed by atoms with Crippen LogP contribution in [0.4, 0.5) is 0 Å². The van der Waals surface area contributed by atoms with E-state index in [1.54, 1.807) is 0 Å². The number of carbonyl (C=O) groups is 4. The molecular formula is C40H47N5O6. The van der Waals surface area contributed by atoms with Gasteiger partial charge in [-0.15, -0.1) is 0 Å². The van der Waals surface area contributed by atoms with E-state index in [0.29, 0.717) is 12.0 Å². The van der Waals surface area contributed by atoms with Crippen LogP contribution < -0.4 is 21.3 Å². The van der Waals surface area contributed by atoms with E-state index in [1.807, 2.05) is 119 Å². The Morgan fingerprint density at radius 2 is 1.20 bits per heavy atom. The van der Waals surface area contributed by atoms with Crippen molar-refractivity contribution in [3.8, 4) is 0 Å². The number of ether oxygens (including phenoxy) is 1. The molecule has 5 rings (SSSR count). The van der Waals surface area contributed by atoms with Gasteiger partial charge in [-0.05, 0) is 41.4 Å². The summed E-state index contributed by atoms with van der Waals surface area (Å²) in [5.41, 5.74) is 2.31. The lowest BCUT2D eigenvalue weighted by Crippen LogP contribution is -2.59. The third-order valence-electron chi connectivity index (χ3n) is 8.60. The molecule has 0 fully saturated rings. The molecule has 4 aromatic rings. The molecule has 0 unspecified atom stereocenters. The molecule has 11 nitrogen and oxygen atoms in total. The van der Waals surface area contributed by atoms with Gasteiger partial charge in [-0.3, -0.25) is 19.2 Å². The first-order chi connectivity index (χ1) is 24.6. The summed E-state index contributed by atoms with van der Waals surface area (Å²) in [4.78, 5) is 60.9. The first-order valence-electron chi connectivity index (χ1n) is 17.5. The molecule has 0 radical (unpaired) electrons. The molecule has 0 saturated heterocycles. The average Bonchev–Trinajstić information content (AvgIpc) is 3.62. The molecule has 0 saturated carbocycles. The highest BCUT2D eigenvalue weighted by atomic mass is 16.5. The van der Waals surface area contributed by atoms with E-state index in [4.69, 9.17) is 9.15 Å². The molecule has 2 bridgehead atoms. The van der Waals surface area contributed by atoms with E-state index in [9.17, 15) is 19.2 Å². The second-order valence-corrected chi connectivity index (χ2v) is 13.8. The fourth-order valence-corrected chi connectivity index (χ4v) is 6.09. The number of aromatic nitrogens is 1. The van der Waals surface area contributed by atoms with Gasteiger partial charge in [0, 0.05) is 6.42 Å². The van der Waals surface area contributed by atoms with Crippen LogP contribution in [0.2, 0.25) is 0 Å². The van der Waals surface area contributed by atoms with E-state index in [2.05, 4.69) is 26.3 Å². The second-order valence-electron chi connectivity index (χ2n) is 13.8. The van der Waals surface area contributed by atoms with E-state index in [1.165, 1.54) is 6.26 Å². The SMILES string of the molecule is CC(C)C[C@@H]1NC(=O)c2coc(n2)[C@@H](CC(C)C)NC(=O)[C@@H](Cc2ccccc2)NC(=O)[C@H]([C@H](OCc2ccccc2)c2ccccc2)NC1=O. The van der Waals surface area contributed by atoms with E-state index in [-0.39, 0.29) is 42.9 Å². The maximum Gasteiger partial charge on any atom is 0.273 e. The van der Waals surface area contributed by atoms with Gasteiger partial charge in [-0.25, -0.2) is 4.98 Å². The number of nitrogens with zero attached hydrogens (tertiary/aromatic N) is 1. The summed E-state index contributed by atoms with van der Waals surface area (Å²) in [6, 6.07) is 24.0. The van der Waals surface area contributed by atoms with Crippen molar-refractivity contribution in [3.05, 3.63) is 126 Å². The Kier molecular flexibility index (Phi) is 12.7. The molecule has 1 aliphatic heterocycles. The monoisotopic (exact) mass is 693 g/mol. The Labute approximate surface area is 299 Å². The summed E-state index contributed by atoms with van der Waals surface area (Å²) in [5.74, 6) is -2.00. The zero-order valence-electron chi connectivity index (χ0n) is 29.5. The Morgan fingerprint density at radius 3 is 1.82 bits per heavy atom. The summed E-state index contributed by atoms with van der Waals surface area (Å²) in [5, 5.41) is 11.7. The number of hydrogen-bond donors (Lipinski definition) is 4.